The van der Waals surface area contributed by atoms with Crippen molar-refractivity contribution in [3.63, 3.8) is 0 Å². The van der Waals surface area contributed by atoms with Crippen LogP contribution < -0.4 is 10.6 Å². The maximum atomic E-state index is 14.3. The Balaban J connectivity index is 2.08. The van der Waals surface area contributed by atoms with Crippen molar-refractivity contribution in [1.29, 1.82) is 0 Å². The number of thioether (sulfide) groups is 1. The molecule has 0 saturated heterocycles. The summed E-state index contributed by atoms with van der Waals surface area (Å²) in [6.45, 7) is 7.56. The average molecular weight is 644 g/mol. The molecule has 2 aromatic rings. The molecule has 2 unspecified atom stereocenters. The molecule has 2 aromatic carbocycles. The highest BCUT2D eigenvalue weighted by atomic mass is 35.5. The standard InChI is InChI=1S/C30H40ClF2N3O4S2/c1-5-13-21(6-2)18-26(35-30(38)27(7-3)41-22-14-10-9-11-15-22)29(37)34-16-12-17-36(8-4)42(39,40)28-20-24(32)23(31)19-25(28)33/h7,9-11,14-15,19-21,26H,5-6,8,12-13,16-18H2,1-4H3,(H,34,37)(H,35,38)/b27-7-. The third-order valence-electron chi connectivity index (χ3n) is 6.75. The van der Waals surface area contributed by atoms with E-state index in [9.17, 15) is 26.8 Å². The Labute approximate surface area is 257 Å². The predicted octanol–water partition coefficient (Wildman–Crippen LogP) is 6.53. The van der Waals surface area contributed by atoms with E-state index in [0.29, 0.717) is 23.5 Å². The molecule has 0 heterocycles. The summed E-state index contributed by atoms with van der Waals surface area (Å²) >= 11 is 6.88. The smallest absolute Gasteiger partial charge is 0.258 e. The van der Waals surface area contributed by atoms with E-state index in [0.717, 1.165) is 28.5 Å². The number of carbonyl (C=O) groups excluding carboxylic acids is 2. The molecular weight excluding hydrogens is 604 g/mol. The molecule has 0 aliphatic carbocycles. The minimum atomic E-state index is -4.34. The Morgan fingerprint density at radius 2 is 1.79 bits per heavy atom. The van der Waals surface area contributed by atoms with Gasteiger partial charge in [0.05, 0.1) is 9.93 Å². The Hall–Kier alpha value is -2.47. The quantitative estimate of drug-likeness (QED) is 0.0884. The van der Waals surface area contributed by atoms with Crippen molar-refractivity contribution in [1.82, 2.24) is 14.9 Å². The van der Waals surface area contributed by atoms with Gasteiger partial charge in [-0.1, -0.05) is 87.7 Å². The van der Waals surface area contributed by atoms with Gasteiger partial charge in [-0.05, 0) is 49.9 Å². The summed E-state index contributed by atoms with van der Waals surface area (Å²) in [5, 5.41) is 5.20. The topological polar surface area (TPSA) is 95.6 Å². The molecule has 7 nitrogen and oxygen atoms in total. The number of sulfonamides is 1. The second-order valence-corrected chi connectivity index (χ2v) is 13.2. The van der Waals surface area contributed by atoms with Gasteiger partial charge in [0.15, 0.2) is 0 Å². The van der Waals surface area contributed by atoms with Crippen LogP contribution in [0.1, 0.15) is 59.8 Å². The van der Waals surface area contributed by atoms with E-state index in [-0.39, 0.29) is 43.8 Å². The molecule has 2 rings (SSSR count). The van der Waals surface area contributed by atoms with Crippen molar-refractivity contribution >= 4 is 45.2 Å². The van der Waals surface area contributed by atoms with E-state index in [4.69, 9.17) is 11.6 Å². The number of hydrogen-bond acceptors (Lipinski definition) is 5. The number of carbonyl (C=O) groups is 2. The number of benzene rings is 2. The SMILES string of the molecule is C/C=C(\Sc1ccccc1)C(=O)NC(CC(CC)CCC)C(=O)NCCCN(CC)S(=O)(=O)c1cc(F)c(Cl)cc1F. The van der Waals surface area contributed by atoms with Crippen molar-refractivity contribution < 1.29 is 26.8 Å². The van der Waals surface area contributed by atoms with Gasteiger partial charge >= 0.3 is 0 Å². The average Bonchev–Trinajstić information content (AvgIpc) is 2.97. The summed E-state index contributed by atoms with van der Waals surface area (Å²) in [5.41, 5.74) is 0. The van der Waals surface area contributed by atoms with Gasteiger partial charge in [-0.25, -0.2) is 17.2 Å². The van der Waals surface area contributed by atoms with Crippen LogP contribution in [0.3, 0.4) is 0 Å². The molecule has 0 aromatic heterocycles. The highest BCUT2D eigenvalue weighted by molar-refractivity contribution is 8.04. The summed E-state index contributed by atoms with van der Waals surface area (Å²) in [6, 6.07) is 9.88. The first-order valence-corrected chi connectivity index (χ1v) is 16.7. The van der Waals surface area contributed by atoms with Crippen LogP contribution in [0.2, 0.25) is 5.02 Å². The molecule has 232 valence electrons. The Morgan fingerprint density at radius 3 is 2.38 bits per heavy atom. The fraction of sp³-hybridized carbons (Fsp3) is 0.467. The second kappa shape index (κ2) is 17.6. The first-order chi connectivity index (χ1) is 20.0. The van der Waals surface area contributed by atoms with Crippen molar-refractivity contribution in [2.24, 2.45) is 5.92 Å². The van der Waals surface area contributed by atoms with Gasteiger partial charge in [-0.15, -0.1) is 0 Å². The number of hydrogen-bond donors (Lipinski definition) is 2. The minimum Gasteiger partial charge on any atom is -0.354 e. The maximum absolute atomic E-state index is 14.3. The molecule has 0 fully saturated rings. The van der Waals surface area contributed by atoms with Crippen molar-refractivity contribution in [2.75, 3.05) is 19.6 Å². The zero-order chi connectivity index (χ0) is 31.3. The lowest BCUT2D eigenvalue weighted by Crippen LogP contribution is -2.48. The minimum absolute atomic E-state index is 0.0130. The molecule has 2 amide bonds. The molecule has 0 bridgehead atoms. The van der Waals surface area contributed by atoms with E-state index in [2.05, 4.69) is 24.5 Å². The summed E-state index contributed by atoms with van der Waals surface area (Å²) < 4.78 is 55.2. The molecule has 12 heteroatoms. The number of allylic oxidation sites excluding steroid dienone is 1. The first-order valence-electron chi connectivity index (χ1n) is 14.1. The molecule has 42 heavy (non-hydrogen) atoms. The third-order valence-corrected chi connectivity index (χ3v) is 10.2. The lowest BCUT2D eigenvalue weighted by molar-refractivity contribution is -0.127. The van der Waals surface area contributed by atoms with Gasteiger partial charge in [0.1, 0.15) is 22.6 Å². The van der Waals surface area contributed by atoms with Crippen LogP contribution in [-0.2, 0) is 19.6 Å². The zero-order valence-electron chi connectivity index (χ0n) is 24.5. The van der Waals surface area contributed by atoms with E-state index in [1.54, 1.807) is 19.9 Å². The van der Waals surface area contributed by atoms with E-state index in [1.165, 1.54) is 11.8 Å². The molecule has 0 saturated carbocycles. The van der Waals surface area contributed by atoms with Gasteiger partial charge in [0.25, 0.3) is 5.91 Å². The van der Waals surface area contributed by atoms with Crippen molar-refractivity contribution in [3.8, 4) is 0 Å². The van der Waals surface area contributed by atoms with E-state index < -0.39 is 37.6 Å². The number of halogens is 3. The number of rotatable bonds is 17. The third kappa shape index (κ3) is 10.4. The van der Waals surface area contributed by atoms with Crippen LogP contribution in [0.25, 0.3) is 0 Å². The summed E-state index contributed by atoms with van der Waals surface area (Å²) in [4.78, 5) is 27.0. The van der Waals surface area contributed by atoms with Gasteiger partial charge in [0, 0.05) is 24.5 Å². The summed E-state index contributed by atoms with van der Waals surface area (Å²) in [6.07, 6.45) is 5.11. The van der Waals surface area contributed by atoms with Crippen molar-refractivity contribution in [3.05, 3.63) is 70.1 Å². The highest BCUT2D eigenvalue weighted by Gasteiger charge is 2.28. The van der Waals surface area contributed by atoms with Gasteiger partial charge in [-0.3, -0.25) is 9.59 Å². The normalized spacial score (nSPS) is 13.6. The Kier molecular flexibility index (Phi) is 15.0. The van der Waals surface area contributed by atoms with Crippen LogP contribution in [0.15, 0.2) is 63.2 Å². The van der Waals surface area contributed by atoms with Gasteiger partial charge in [-0.2, -0.15) is 4.31 Å². The first kappa shape index (κ1) is 35.7. The number of amides is 2. The highest BCUT2D eigenvalue weighted by Crippen LogP contribution is 2.27. The Morgan fingerprint density at radius 1 is 1.10 bits per heavy atom. The zero-order valence-corrected chi connectivity index (χ0v) is 26.8. The monoisotopic (exact) mass is 643 g/mol. The lowest BCUT2D eigenvalue weighted by atomic mass is 9.92. The number of nitrogens with one attached hydrogen (secondary N) is 2. The Bertz CT molecular complexity index is 1330. The summed E-state index contributed by atoms with van der Waals surface area (Å²) in [7, 11) is -4.34. The molecule has 0 radical (unpaired) electrons. The van der Waals surface area contributed by atoms with E-state index >= 15 is 0 Å². The molecule has 0 spiro atoms. The largest absolute Gasteiger partial charge is 0.354 e. The molecular formula is C30H40ClF2N3O4S2. The van der Waals surface area contributed by atoms with Crippen molar-refractivity contribution in [2.45, 2.75) is 75.6 Å². The molecule has 2 N–H and O–H groups in total. The van der Waals surface area contributed by atoms with Crippen LogP contribution in [-0.4, -0.2) is 50.2 Å². The maximum Gasteiger partial charge on any atom is 0.258 e. The molecule has 0 aliphatic rings. The second-order valence-electron chi connectivity index (χ2n) is 9.73. The lowest BCUT2D eigenvalue weighted by Gasteiger charge is -2.24. The molecule has 0 aliphatic heterocycles. The van der Waals surface area contributed by atoms with Gasteiger partial charge < -0.3 is 10.6 Å². The molecule has 2 atom stereocenters. The summed E-state index contributed by atoms with van der Waals surface area (Å²) in [5.74, 6) is -2.66. The van der Waals surface area contributed by atoms with Gasteiger partial charge in [0.2, 0.25) is 15.9 Å². The van der Waals surface area contributed by atoms with Crippen LogP contribution in [0.5, 0.6) is 0 Å². The number of nitrogens with zero attached hydrogens (tertiary/aromatic N) is 1. The van der Waals surface area contributed by atoms with Crippen LogP contribution in [0, 0.1) is 17.6 Å². The fourth-order valence-electron chi connectivity index (χ4n) is 4.42. The van der Waals surface area contributed by atoms with Crippen LogP contribution in [0.4, 0.5) is 8.78 Å². The van der Waals surface area contributed by atoms with Crippen LogP contribution >= 0.6 is 23.4 Å². The fourth-order valence-corrected chi connectivity index (χ4v) is 6.93. The predicted molar refractivity (Wildman–Crippen MR) is 165 cm³/mol. The van der Waals surface area contributed by atoms with E-state index in [1.807, 2.05) is 30.3 Å².